The van der Waals surface area contributed by atoms with Crippen LogP contribution in [0.15, 0.2) is 71.8 Å². The summed E-state index contributed by atoms with van der Waals surface area (Å²) in [6.45, 7) is 0. The summed E-state index contributed by atoms with van der Waals surface area (Å²) in [6.07, 6.45) is 1.69. The smallest absolute Gasteiger partial charge is 0.240 e. The quantitative estimate of drug-likeness (QED) is 0.488. The molecule has 0 radical (unpaired) electrons. The van der Waals surface area contributed by atoms with E-state index in [9.17, 15) is 9.59 Å². The molecule has 28 heavy (non-hydrogen) atoms. The second-order valence-electron chi connectivity index (χ2n) is 6.11. The average Bonchev–Trinajstić information content (AvgIpc) is 2.73. The van der Waals surface area contributed by atoms with Crippen LogP contribution in [0.5, 0.6) is 5.75 Å². The normalized spacial score (nSPS) is 10.8. The predicted molar refractivity (Wildman–Crippen MR) is 111 cm³/mol. The van der Waals surface area contributed by atoms with Gasteiger partial charge in [-0.25, -0.2) is 5.43 Å². The Balaban J connectivity index is 1.50. The van der Waals surface area contributed by atoms with Gasteiger partial charge in [0.15, 0.2) is 0 Å². The maximum Gasteiger partial charge on any atom is 0.240 e. The first-order valence-electron chi connectivity index (χ1n) is 8.90. The zero-order valence-electron chi connectivity index (χ0n) is 15.5. The number of carbonyl (C=O) groups excluding carboxylic acids is 2. The molecule has 0 unspecified atom stereocenters. The Morgan fingerprint density at radius 2 is 1.64 bits per heavy atom. The van der Waals surface area contributed by atoms with Gasteiger partial charge in [-0.3, -0.25) is 9.59 Å². The SMILES string of the molecule is COc1ccccc1NC(=O)CCC(=O)N/N=C\c1cccc2ccccc12. The first kappa shape index (κ1) is 19.1. The summed E-state index contributed by atoms with van der Waals surface area (Å²) in [7, 11) is 1.53. The number of hydrogen-bond acceptors (Lipinski definition) is 4. The molecular formula is C22H21N3O3. The largest absolute Gasteiger partial charge is 0.495 e. The van der Waals surface area contributed by atoms with Crippen molar-refractivity contribution in [2.45, 2.75) is 12.8 Å². The first-order valence-corrected chi connectivity index (χ1v) is 8.90. The number of methoxy groups -OCH3 is 1. The molecule has 0 heterocycles. The van der Waals surface area contributed by atoms with Crippen LogP contribution in [0.3, 0.4) is 0 Å². The van der Waals surface area contributed by atoms with E-state index in [2.05, 4.69) is 15.8 Å². The number of nitrogens with zero attached hydrogens (tertiary/aromatic N) is 1. The topological polar surface area (TPSA) is 79.8 Å². The van der Waals surface area contributed by atoms with Crippen molar-refractivity contribution < 1.29 is 14.3 Å². The molecule has 0 fully saturated rings. The number of ether oxygens (including phenoxy) is 1. The number of carbonyl (C=O) groups is 2. The molecule has 142 valence electrons. The van der Waals surface area contributed by atoms with Crippen LogP contribution in [-0.4, -0.2) is 25.1 Å². The Kier molecular flexibility index (Phi) is 6.36. The lowest BCUT2D eigenvalue weighted by Crippen LogP contribution is -2.20. The standard InChI is InChI=1S/C22H21N3O3/c1-28-20-12-5-4-11-19(20)24-21(26)13-14-22(27)25-23-15-17-9-6-8-16-7-2-3-10-18(16)17/h2-12,15H,13-14H2,1H3,(H,24,26)(H,25,27)/b23-15-. The minimum Gasteiger partial charge on any atom is -0.495 e. The molecule has 3 aromatic rings. The van der Waals surface area contributed by atoms with E-state index in [-0.39, 0.29) is 24.7 Å². The fraction of sp³-hybridized carbons (Fsp3) is 0.136. The molecule has 0 spiro atoms. The van der Waals surface area contributed by atoms with Gasteiger partial charge in [0, 0.05) is 18.4 Å². The number of hydrazone groups is 1. The van der Waals surface area contributed by atoms with Gasteiger partial charge in [0.25, 0.3) is 0 Å². The number of fused-ring (bicyclic) bond motifs is 1. The Bertz CT molecular complexity index is 1010. The van der Waals surface area contributed by atoms with Gasteiger partial charge in [-0.15, -0.1) is 0 Å². The van der Waals surface area contributed by atoms with E-state index in [0.717, 1.165) is 16.3 Å². The van der Waals surface area contributed by atoms with Crippen LogP contribution < -0.4 is 15.5 Å². The van der Waals surface area contributed by atoms with Crippen molar-refractivity contribution in [3.05, 3.63) is 72.3 Å². The van der Waals surface area contributed by atoms with Crippen LogP contribution >= 0.6 is 0 Å². The van der Waals surface area contributed by atoms with E-state index in [1.807, 2.05) is 48.5 Å². The van der Waals surface area contributed by atoms with E-state index in [1.165, 1.54) is 7.11 Å². The fourth-order valence-electron chi connectivity index (χ4n) is 2.78. The van der Waals surface area contributed by atoms with Gasteiger partial charge in [-0.05, 0) is 22.9 Å². The van der Waals surface area contributed by atoms with Crippen molar-refractivity contribution in [1.82, 2.24) is 5.43 Å². The molecule has 2 N–H and O–H groups in total. The number of rotatable bonds is 7. The highest BCUT2D eigenvalue weighted by Crippen LogP contribution is 2.23. The van der Waals surface area contributed by atoms with Crippen LogP contribution in [0.1, 0.15) is 18.4 Å². The van der Waals surface area contributed by atoms with Gasteiger partial charge in [0.1, 0.15) is 5.75 Å². The van der Waals surface area contributed by atoms with Crippen molar-refractivity contribution in [2.75, 3.05) is 12.4 Å². The Labute approximate surface area is 163 Å². The lowest BCUT2D eigenvalue weighted by Gasteiger charge is -2.09. The molecule has 0 bridgehead atoms. The van der Waals surface area contributed by atoms with Crippen LogP contribution in [0.25, 0.3) is 10.8 Å². The highest BCUT2D eigenvalue weighted by molar-refractivity contribution is 6.00. The van der Waals surface area contributed by atoms with Gasteiger partial charge in [-0.1, -0.05) is 54.6 Å². The number of anilines is 1. The van der Waals surface area contributed by atoms with E-state index in [1.54, 1.807) is 24.4 Å². The highest BCUT2D eigenvalue weighted by atomic mass is 16.5. The molecular weight excluding hydrogens is 354 g/mol. The third kappa shape index (κ3) is 4.94. The summed E-state index contributed by atoms with van der Waals surface area (Å²) in [5.74, 6) is -0.0238. The van der Waals surface area contributed by atoms with Crippen LogP contribution in [0, 0.1) is 0 Å². The zero-order valence-corrected chi connectivity index (χ0v) is 15.5. The molecule has 0 saturated carbocycles. The van der Waals surface area contributed by atoms with Crippen LogP contribution in [-0.2, 0) is 9.59 Å². The number of hydrogen-bond donors (Lipinski definition) is 2. The van der Waals surface area contributed by atoms with Crippen molar-refractivity contribution in [1.29, 1.82) is 0 Å². The van der Waals surface area contributed by atoms with Gasteiger partial charge >= 0.3 is 0 Å². The molecule has 2 amide bonds. The van der Waals surface area contributed by atoms with Gasteiger partial charge in [-0.2, -0.15) is 5.10 Å². The lowest BCUT2D eigenvalue weighted by molar-refractivity contribution is -0.124. The Morgan fingerprint density at radius 1 is 0.929 bits per heavy atom. The predicted octanol–water partition coefficient (Wildman–Crippen LogP) is 3.72. The monoisotopic (exact) mass is 375 g/mol. The second kappa shape index (κ2) is 9.32. The maximum atomic E-state index is 12.0. The molecule has 0 atom stereocenters. The lowest BCUT2D eigenvalue weighted by atomic mass is 10.1. The van der Waals surface area contributed by atoms with Crippen molar-refractivity contribution in [2.24, 2.45) is 5.10 Å². The van der Waals surface area contributed by atoms with Gasteiger partial charge in [0.2, 0.25) is 11.8 Å². The summed E-state index contributed by atoms with van der Waals surface area (Å²) in [4.78, 5) is 24.0. The van der Waals surface area contributed by atoms with Crippen LogP contribution in [0.2, 0.25) is 0 Å². The number of para-hydroxylation sites is 2. The third-order valence-corrected chi connectivity index (χ3v) is 4.18. The number of nitrogens with one attached hydrogen (secondary N) is 2. The molecule has 0 saturated heterocycles. The molecule has 3 aromatic carbocycles. The van der Waals surface area contributed by atoms with Gasteiger partial charge in [0.05, 0.1) is 19.0 Å². The van der Waals surface area contributed by atoms with Crippen LogP contribution in [0.4, 0.5) is 5.69 Å². The van der Waals surface area contributed by atoms with Crippen molar-refractivity contribution >= 4 is 34.5 Å². The molecule has 0 aliphatic carbocycles. The molecule has 0 aromatic heterocycles. The Morgan fingerprint density at radius 3 is 2.50 bits per heavy atom. The fourth-order valence-corrected chi connectivity index (χ4v) is 2.78. The van der Waals surface area contributed by atoms with Crippen molar-refractivity contribution in [3.8, 4) is 5.75 Å². The zero-order chi connectivity index (χ0) is 19.8. The Hall–Kier alpha value is -3.67. The summed E-state index contributed by atoms with van der Waals surface area (Å²) in [5.41, 5.74) is 3.95. The minimum atomic E-state index is -0.327. The van der Waals surface area contributed by atoms with E-state index >= 15 is 0 Å². The number of benzene rings is 3. The van der Waals surface area contributed by atoms with E-state index < -0.39 is 0 Å². The summed E-state index contributed by atoms with van der Waals surface area (Å²) in [6, 6.07) is 20.9. The molecule has 3 rings (SSSR count). The number of amides is 2. The summed E-state index contributed by atoms with van der Waals surface area (Å²) >= 11 is 0. The molecule has 6 nitrogen and oxygen atoms in total. The summed E-state index contributed by atoms with van der Waals surface area (Å²) < 4.78 is 5.18. The molecule has 6 heteroatoms. The van der Waals surface area contributed by atoms with Gasteiger partial charge < -0.3 is 10.1 Å². The average molecular weight is 375 g/mol. The summed E-state index contributed by atoms with van der Waals surface area (Å²) in [5, 5.41) is 8.90. The minimum absolute atomic E-state index is 0.0356. The maximum absolute atomic E-state index is 12.0. The molecule has 0 aliphatic rings. The van der Waals surface area contributed by atoms with Crippen molar-refractivity contribution in [3.63, 3.8) is 0 Å². The third-order valence-electron chi connectivity index (χ3n) is 4.18. The van der Waals surface area contributed by atoms with E-state index in [4.69, 9.17) is 4.74 Å². The van der Waals surface area contributed by atoms with E-state index in [0.29, 0.717) is 11.4 Å². The first-order chi connectivity index (χ1) is 13.7. The second-order valence-corrected chi connectivity index (χ2v) is 6.11. The highest BCUT2D eigenvalue weighted by Gasteiger charge is 2.09. The molecule has 0 aliphatic heterocycles.